The van der Waals surface area contributed by atoms with Crippen molar-refractivity contribution in [2.75, 3.05) is 0 Å². The first-order valence-electron chi connectivity index (χ1n) is 6.90. The summed E-state index contributed by atoms with van der Waals surface area (Å²) in [5.74, 6) is -4.43. The van der Waals surface area contributed by atoms with Gasteiger partial charge in [-0.3, -0.25) is 4.79 Å². The van der Waals surface area contributed by atoms with Crippen molar-refractivity contribution in [1.29, 1.82) is 0 Å². The Bertz CT molecular complexity index is 1000. The molecule has 2 aromatic carbocycles. The van der Waals surface area contributed by atoms with Crippen LogP contribution in [0.2, 0.25) is 5.02 Å². The maximum atomic E-state index is 14.2. The molecule has 0 spiro atoms. The van der Waals surface area contributed by atoms with Gasteiger partial charge in [0, 0.05) is 21.7 Å². The van der Waals surface area contributed by atoms with Crippen LogP contribution in [0.4, 0.5) is 13.2 Å². The highest BCUT2D eigenvalue weighted by Crippen LogP contribution is 2.36. The molecule has 0 aliphatic carbocycles. The molecule has 3 rings (SSSR count). The number of hydrogen-bond donors (Lipinski definition) is 1. The van der Waals surface area contributed by atoms with Crippen molar-refractivity contribution in [2.45, 2.75) is 6.92 Å². The van der Waals surface area contributed by atoms with Crippen molar-refractivity contribution >= 4 is 11.6 Å². The second-order valence-corrected chi connectivity index (χ2v) is 5.50. The van der Waals surface area contributed by atoms with Crippen LogP contribution in [0.3, 0.4) is 0 Å². The van der Waals surface area contributed by atoms with E-state index in [0.29, 0.717) is 16.3 Å². The van der Waals surface area contributed by atoms with Crippen molar-refractivity contribution in [3.63, 3.8) is 0 Å². The molecule has 3 nitrogen and oxygen atoms in total. The van der Waals surface area contributed by atoms with E-state index in [1.54, 1.807) is 31.2 Å². The number of rotatable bonds is 2. The molecule has 0 saturated heterocycles. The van der Waals surface area contributed by atoms with E-state index < -0.39 is 23.0 Å². The van der Waals surface area contributed by atoms with Gasteiger partial charge in [0.2, 0.25) is 0 Å². The fourth-order valence-electron chi connectivity index (χ4n) is 2.51. The first kappa shape index (κ1) is 16.3. The molecule has 1 N–H and O–H groups in total. The standard InChI is InChI=1S/C17H10ClF3N2O/c1-8-13(9-4-2-3-5-11(9)18)14(17(24)23-22-8)10-6-7-12(19)16(21)15(10)20/h2-7H,1H3,(H,23,24). The van der Waals surface area contributed by atoms with Crippen LogP contribution in [-0.4, -0.2) is 10.2 Å². The molecule has 0 aliphatic rings. The summed E-state index contributed by atoms with van der Waals surface area (Å²) in [5.41, 5.74) is -0.200. The van der Waals surface area contributed by atoms with E-state index >= 15 is 0 Å². The summed E-state index contributed by atoms with van der Waals surface area (Å²) in [5, 5.41) is 6.41. The largest absolute Gasteiger partial charge is 0.272 e. The molecule has 122 valence electrons. The summed E-state index contributed by atoms with van der Waals surface area (Å²) in [7, 11) is 0. The van der Waals surface area contributed by atoms with Gasteiger partial charge in [-0.25, -0.2) is 18.3 Å². The first-order chi connectivity index (χ1) is 11.4. The number of aromatic nitrogens is 2. The molecule has 0 radical (unpaired) electrons. The van der Waals surface area contributed by atoms with E-state index in [4.69, 9.17) is 11.6 Å². The second kappa shape index (κ2) is 6.13. The second-order valence-electron chi connectivity index (χ2n) is 5.09. The SMILES string of the molecule is Cc1n[nH]c(=O)c(-c2ccc(F)c(F)c2F)c1-c1ccccc1Cl. The van der Waals surface area contributed by atoms with Crippen LogP contribution in [0.25, 0.3) is 22.3 Å². The monoisotopic (exact) mass is 350 g/mol. The number of benzene rings is 2. The highest BCUT2D eigenvalue weighted by Gasteiger charge is 2.23. The van der Waals surface area contributed by atoms with Gasteiger partial charge in [0.05, 0.1) is 11.3 Å². The molecule has 0 unspecified atom stereocenters. The lowest BCUT2D eigenvalue weighted by Gasteiger charge is -2.13. The number of nitrogens with zero attached hydrogens (tertiary/aromatic N) is 1. The van der Waals surface area contributed by atoms with E-state index in [1.807, 2.05) is 0 Å². The van der Waals surface area contributed by atoms with E-state index in [-0.39, 0.29) is 16.7 Å². The number of hydrogen-bond acceptors (Lipinski definition) is 2. The molecule has 0 bridgehead atoms. The summed E-state index contributed by atoms with van der Waals surface area (Å²) >= 11 is 6.17. The molecule has 0 aliphatic heterocycles. The molecule has 1 heterocycles. The van der Waals surface area contributed by atoms with Crippen molar-refractivity contribution in [2.24, 2.45) is 0 Å². The van der Waals surface area contributed by atoms with Crippen LogP contribution >= 0.6 is 11.6 Å². The van der Waals surface area contributed by atoms with Gasteiger partial charge in [0.15, 0.2) is 17.5 Å². The van der Waals surface area contributed by atoms with Gasteiger partial charge in [0.1, 0.15) is 0 Å². The van der Waals surface area contributed by atoms with Crippen LogP contribution in [0.5, 0.6) is 0 Å². The third kappa shape index (κ3) is 2.59. The lowest BCUT2D eigenvalue weighted by Crippen LogP contribution is -2.15. The summed E-state index contributed by atoms with van der Waals surface area (Å²) < 4.78 is 41.1. The number of aryl methyl sites for hydroxylation is 1. The maximum Gasteiger partial charge on any atom is 0.272 e. The Morgan fingerprint density at radius 3 is 2.38 bits per heavy atom. The third-order valence-electron chi connectivity index (χ3n) is 3.61. The van der Waals surface area contributed by atoms with E-state index in [9.17, 15) is 18.0 Å². The van der Waals surface area contributed by atoms with Gasteiger partial charge in [-0.15, -0.1) is 0 Å². The summed E-state index contributed by atoms with van der Waals surface area (Å²) in [6.07, 6.45) is 0. The normalized spacial score (nSPS) is 10.9. The molecule has 1 aromatic heterocycles. The van der Waals surface area contributed by atoms with Gasteiger partial charge >= 0.3 is 0 Å². The predicted octanol–water partition coefficient (Wildman–Crippen LogP) is 4.48. The van der Waals surface area contributed by atoms with Crippen molar-refractivity contribution in [1.82, 2.24) is 10.2 Å². The van der Waals surface area contributed by atoms with Crippen LogP contribution in [0.1, 0.15) is 5.69 Å². The Morgan fingerprint density at radius 1 is 0.958 bits per heavy atom. The lowest BCUT2D eigenvalue weighted by molar-refractivity contribution is 0.449. The number of aromatic amines is 1. The third-order valence-corrected chi connectivity index (χ3v) is 3.94. The van der Waals surface area contributed by atoms with Gasteiger partial charge in [-0.05, 0) is 25.1 Å². The zero-order valence-corrected chi connectivity index (χ0v) is 13.1. The van der Waals surface area contributed by atoms with Crippen molar-refractivity contribution in [3.8, 4) is 22.3 Å². The van der Waals surface area contributed by atoms with Crippen LogP contribution in [0, 0.1) is 24.4 Å². The minimum Gasteiger partial charge on any atom is -0.267 e. The fourth-order valence-corrected chi connectivity index (χ4v) is 2.74. The Kier molecular flexibility index (Phi) is 4.15. The number of halogens is 4. The summed E-state index contributed by atoms with van der Waals surface area (Å²) in [4.78, 5) is 12.3. The smallest absolute Gasteiger partial charge is 0.267 e. The van der Waals surface area contributed by atoms with Crippen LogP contribution < -0.4 is 5.56 Å². The Morgan fingerprint density at radius 2 is 1.67 bits per heavy atom. The van der Waals surface area contributed by atoms with Gasteiger partial charge < -0.3 is 0 Å². The van der Waals surface area contributed by atoms with E-state index in [0.717, 1.165) is 12.1 Å². The topological polar surface area (TPSA) is 45.8 Å². The van der Waals surface area contributed by atoms with Crippen molar-refractivity contribution < 1.29 is 13.2 Å². The average molecular weight is 351 g/mol. The zero-order chi connectivity index (χ0) is 17.4. The van der Waals surface area contributed by atoms with E-state index in [2.05, 4.69) is 10.2 Å². The number of nitrogens with one attached hydrogen (secondary N) is 1. The highest BCUT2D eigenvalue weighted by atomic mass is 35.5. The van der Waals surface area contributed by atoms with Gasteiger partial charge in [-0.2, -0.15) is 5.10 Å². The fraction of sp³-hybridized carbons (Fsp3) is 0.0588. The van der Waals surface area contributed by atoms with Crippen molar-refractivity contribution in [3.05, 3.63) is 74.9 Å². The molecular formula is C17H10ClF3N2O. The quantitative estimate of drug-likeness (QED) is 0.692. The zero-order valence-electron chi connectivity index (χ0n) is 12.3. The minimum atomic E-state index is -1.65. The Balaban J connectivity index is 2.43. The van der Waals surface area contributed by atoms with Gasteiger partial charge in [-0.1, -0.05) is 29.8 Å². The molecular weight excluding hydrogens is 341 g/mol. The Labute approximate surface area is 139 Å². The molecule has 0 atom stereocenters. The molecule has 7 heteroatoms. The van der Waals surface area contributed by atoms with E-state index in [1.165, 1.54) is 0 Å². The molecule has 0 fully saturated rings. The van der Waals surface area contributed by atoms with Crippen LogP contribution in [0.15, 0.2) is 41.2 Å². The molecule has 24 heavy (non-hydrogen) atoms. The average Bonchev–Trinajstić information content (AvgIpc) is 2.56. The highest BCUT2D eigenvalue weighted by molar-refractivity contribution is 6.33. The van der Waals surface area contributed by atoms with Gasteiger partial charge in [0.25, 0.3) is 5.56 Å². The Hall–Kier alpha value is -2.60. The lowest BCUT2D eigenvalue weighted by atomic mass is 9.94. The predicted molar refractivity (Wildman–Crippen MR) is 85.4 cm³/mol. The number of H-pyrrole nitrogens is 1. The molecule has 0 saturated carbocycles. The molecule has 0 amide bonds. The molecule has 3 aromatic rings. The maximum absolute atomic E-state index is 14.2. The summed E-state index contributed by atoms with van der Waals surface area (Å²) in [6, 6.07) is 8.39. The van der Waals surface area contributed by atoms with Crippen LogP contribution in [-0.2, 0) is 0 Å². The summed E-state index contributed by atoms with van der Waals surface area (Å²) in [6.45, 7) is 1.59. The minimum absolute atomic E-state index is 0.160. The first-order valence-corrected chi connectivity index (χ1v) is 7.27.